The summed E-state index contributed by atoms with van der Waals surface area (Å²) < 4.78 is 5.06. The van der Waals surface area contributed by atoms with Crippen LogP contribution in [0.25, 0.3) is 0 Å². The second-order valence-electron chi connectivity index (χ2n) is 6.18. The maximum Gasteiger partial charge on any atom is 0.408 e. The van der Waals surface area contributed by atoms with Crippen molar-refractivity contribution >= 4 is 17.7 Å². The lowest BCUT2D eigenvalue weighted by molar-refractivity contribution is -0.115. The average molecular weight is 308 g/mol. The highest BCUT2D eigenvalue weighted by atomic mass is 16.6. The number of amides is 2. The fourth-order valence-corrected chi connectivity index (χ4v) is 1.64. The molecular formula is C15H24N4O3. The predicted octanol–water partition coefficient (Wildman–Crippen LogP) is 1.61. The van der Waals surface area contributed by atoms with E-state index in [2.05, 4.69) is 15.6 Å². The van der Waals surface area contributed by atoms with Crippen molar-refractivity contribution in [3.63, 3.8) is 0 Å². The van der Waals surface area contributed by atoms with Gasteiger partial charge in [0.2, 0.25) is 5.91 Å². The van der Waals surface area contributed by atoms with E-state index in [1.165, 1.54) is 0 Å². The minimum absolute atomic E-state index is 0.153. The maximum absolute atomic E-state index is 11.8. The summed E-state index contributed by atoms with van der Waals surface area (Å²) in [4.78, 5) is 29.5. The van der Waals surface area contributed by atoms with Gasteiger partial charge in [0.1, 0.15) is 12.1 Å². The number of hydrogen-bond acceptors (Lipinski definition) is 5. The molecule has 0 aliphatic rings. The number of rotatable bonds is 5. The van der Waals surface area contributed by atoms with Crippen LogP contribution >= 0.6 is 0 Å². The van der Waals surface area contributed by atoms with Gasteiger partial charge >= 0.3 is 6.09 Å². The van der Waals surface area contributed by atoms with Gasteiger partial charge in [0.15, 0.2) is 0 Å². The zero-order valence-corrected chi connectivity index (χ0v) is 13.8. The molecule has 1 rings (SSSR count). The second kappa shape index (κ2) is 7.74. The van der Waals surface area contributed by atoms with Crippen LogP contribution in [0.3, 0.4) is 0 Å². The van der Waals surface area contributed by atoms with Gasteiger partial charge in [-0.25, -0.2) is 4.79 Å². The number of aromatic nitrogens is 1. The first-order valence-corrected chi connectivity index (χ1v) is 7.02. The monoisotopic (exact) mass is 308 g/mol. The van der Waals surface area contributed by atoms with Crippen molar-refractivity contribution in [3.8, 4) is 0 Å². The lowest BCUT2D eigenvalue weighted by Crippen LogP contribution is -2.37. The van der Waals surface area contributed by atoms with Crippen molar-refractivity contribution in [2.45, 2.75) is 32.9 Å². The largest absolute Gasteiger partial charge is 0.444 e. The van der Waals surface area contributed by atoms with Gasteiger partial charge in [-0.3, -0.25) is 9.78 Å². The standard InChI is InChI=1S/C15H24N4O3/c1-15(2,3)22-14(21)17-9-13(20)18-11-6-7-16-12(8-11)10-19(4)5/h6-8H,9-10H2,1-5H3,(H,17,21)(H,16,18,20). The molecule has 0 radical (unpaired) electrons. The van der Waals surface area contributed by atoms with Crippen LogP contribution in [-0.4, -0.2) is 48.1 Å². The lowest BCUT2D eigenvalue weighted by atomic mass is 10.2. The number of alkyl carbamates (subject to hydrolysis) is 1. The summed E-state index contributed by atoms with van der Waals surface area (Å²) in [7, 11) is 3.88. The Bertz CT molecular complexity index is 524. The fraction of sp³-hybridized carbons (Fsp3) is 0.533. The summed E-state index contributed by atoms with van der Waals surface area (Å²) in [5.41, 5.74) is 0.901. The molecule has 0 atom stereocenters. The molecule has 1 aromatic rings. The Morgan fingerprint density at radius 2 is 2.00 bits per heavy atom. The van der Waals surface area contributed by atoms with E-state index in [-0.39, 0.29) is 12.5 Å². The number of nitrogens with zero attached hydrogens (tertiary/aromatic N) is 2. The molecule has 7 heteroatoms. The van der Waals surface area contributed by atoms with E-state index in [1.807, 2.05) is 19.0 Å². The maximum atomic E-state index is 11.8. The smallest absolute Gasteiger partial charge is 0.408 e. The minimum Gasteiger partial charge on any atom is -0.444 e. The van der Waals surface area contributed by atoms with Crippen LogP contribution in [0.4, 0.5) is 10.5 Å². The molecule has 0 aliphatic heterocycles. The highest BCUT2D eigenvalue weighted by Gasteiger charge is 2.16. The average Bonchev–Trinajstić information content (AvgIpc) is 2.34. The van der Waals surface area contributed by atoms with Crippen molar-refractivity contribution in [1.82, 2.24) is 15.2 Å². The van der Waals surface area contributed by atoms with Crippen LogP contribution in [0, 0.1) is 0 Å². The van der Waals surface area contributed by atoms with Gasteiger partial charge in [-0.2, -0.15) is 0 Å². The zero-order chi connectivity index (χ0) is 16.8. The summed E-state index contributed by atoms with van der Waals surface area (Å²) in [6.45, 7) is 5.81. The Balaban J connectivity index is 2.47. The molecular weight excluding hydrogens is 284 g/mol. The van der Waals surface area contributed by atoms with Crippen LogP contribution in [0.5, 0.6) is 0 Å². The van der Waals surface area contributed by atoms with Gasteiger partial charge in [-0.1, -0.05) is 0 Å². The van der Waals surface area contributed by atoms with E-state index in [1.54, 1.807) is 39.1 Å². The number of nitrogens with one attached hydrogen (secondary N) is 2. The van der Waals surface area contributed by atoms with E-state index in [4.69, 9.17) is 4.74 Å². The number of ether oxygens (including phenoxy) is 1. The van der Waals surface area contributed by atoms with Crippen LogP contribution in [0.2, 0.25) is 0 Å². The first-order valence-electron chi connectivity index (χ1n) is 7.02. The van der Waals surface area contributed by atoms with Gasteiger partial charge < -0.3 is 20.3 Å². The van der Waals surface area contributed by atoms with Crippen molar-refractivity contribution < 1.29 is 14.3 Å². The van der Waals surface area contributed by atoms with Crippen LogP contribution in [-0.2, 0) is 16.1 Å². The summed E-state index contributed by atoms with van der Waals surface area (Å²) in [5.74, 6) is -0.326. The molecule has 0 aliphatic carbocycles. The number of anilines is 1. The molecule has 22 heavy (non-hydrogen) atoms. The van der Waals surface area contributed by atoms with E-state index in [9.17, 15) is 9.59 Å². The molecule has 0 spiro atoms. The Kier molecular flexibility index (Phi) is 6.30. The van der Waals surface area contributed by atoms with E-state index in [0.29, 0.717) is 12.2 Å². The number of hydrogen-bond donors (Lipinski definition) is 2. The number of carbonyl (C=O) groups is 2. The molecule has 0 bridgehead atoms. The highest BCUT2D eigenvalue weighted by molar-refractivity contribution is 5.93. The van der Waals surface area contributed by atoms with E-state index >= 15 is 0 Å². The first kappa shape index (κ1) is 17.9. The summed E-state index contributed by atoms with van der Waals surface area (Å²) in [5, 5.41) is 5.12. The topological polar surface area (TPSA) is 83.6 Å². The minimum atomic E-state index is -0.620. The molecule has 1 aromatic heterocycles. The summed E-state index contributed by atoms with van der Waals surface area (Å²) in [6.07, 6.45) is 1.01. The van der Waals surface area contributed by atoms with Crippen LogP contribution < -0.4 is 10.6 Å². The molecule has 122 valence electrons. The highest BCUT2D eigenvalue weighted by Crippen LogP contribution is 2.09. The van der Waals surface area contributed by atoms with Gasteiger partial charge in [-0.05, 0) is 47.0 Å². The van der Waals surface area contributed by atoms with Crippen molar-refractivity contribution in [2.24, 2.45) is 0 Å². The van der Waals surface area contributed by atoms with Crippen LogP contribution in [0.15, 0.2) is 18.3 Å². The molecule has 2 N–H and O–H groups in total. The number of carbonyl (C=O) groups excluding carboxylic acids is 2. The molecule has 0 fully saturated rings. The van der Waals surface area contributed by atoms with Gasteiger partial charge in [-0.15, -0.1) is 0 Å². The molecule has 0 saturated carbocycles. The molecule has 2 amide bonds. The molecule has 0 aromatic carbocycles. The summed E-state index contributed by atoms with van der Waals surface area (Å²) >= 11 is 0. The molecule has 7 nitrogen and oxygen atoms in total. The van der Waals surface area contributed by atoms with Gasteiger partial charge in [0.25, 0.3) is 0 Å². The predicted molar refractivity (Wildman–Crippen MR) is 84.5 cm³/mol. The van der Waals surface area contributed by atoms with E-state index in [0.717, 1.165) is 5.69 Å². The van der Waals surface area contributed by atoms with Crippen molar-refractivity contribution in [2.75, 3.05) is 26.0 Å². The third-order valence-electron chi connectivity index (χ3n) is 2.37. The summed E-state index contributed by atoms with van der Waals surface area (Å²) in [6, 6.07) is 3.50. The number of pyridine rings is 1. The quantitative estimate of drug-likeness (QED) is 0.863. The second-order valence-corrected chi connectivity index (χ2v) is 6.18. The lowest BCUT2D eigenvalue weighted by Gasteiger charge is -2.19. The van der Waals surface area contributed by atoms with Gasteiger partial charge in [0.05, 0.1) is 5.69 Å². The first-order chi connectivity index (χ1) is 10.2. The zero-order valence-electron chi connectivity index (χ0n) is 13.8. The molecule has 0 unspecified atom stereocenters. The van der Waals surface area contributed by atoms with Gasteiger partial charge in [0, 0.05) is 18.4 Å². The van der Waals surface area contributed by atoms with Crippen molar-refractivity contribution in [3.05, 3.63) is 24.0 Å². The normalized spacial score (nSPS) is 11.2. The molecule has 0 saturated heterocycles. The van der Waals surface area contributed by atoms with Crippen LogP contribution in [0.1, 0.15) is 26.5 Å². The third kappa shape index (κ3) is 7.58. The Labute approximate surface area is 131 Å². The SMILES string of the molecule is CN(C)Cc1cc(NC(=O)CNC(=O)OC(C)(C)C)ccn1. The van der Waals surface area contributed by atoms with E-state index < -0.39 is 11.7 Å². The fourth-order valence-electron chi connectivity index (χ4n) is 1.64. The Hall–Kier alpha value is -2.15. The Morgan fingerprint density at radius 3 is 2.59 bits per heavy atom. The molecule has 1 heterocycles. The third-order valence-corrected chi connectivity index (χ3v) is 2.37. The Morgan fingerprint density at radius 1 is 1.32 bits per heavy atom. The van der Waals surface area contributed by atoms with Crippen molar-refractivity contribution in [1.29, 1.82) is 0 Å².